The van der Waals surface area contributed by atoms with Crippen LogP contribution in [0.5, 0.6) is 5.75 Å². The predicted molar refractivity (Wildman–Crippen MR) is 123 cm³/mol. The van der Waals surface area contributed by atoms with Gasteiger partial charge in [-0.2, -0.15) is 0 Å². The summed E-state index contributed by atoms with van der Waals surface area (Å²) in [5, 5.41) is 1.03. The van der Waals surface area contributed by atoms with Gasteiger partial charge in [-0.25, -0.2) is 0 Å². The zero-order valence-corrected chi connectivity index (χ0v) is 19.1. The molecule has 5 nitrogen and oxygen atoms in total. The lowest BCUT2D eigenvalue weighted by Gasteiger charge is -2.51. The Morgan fingerprint density at radius 3 is 2.81 bits per heavy atom. The number of methoxy groups -OCH3 is 1. The second-order valence-electron chi connectivity index (χ2n) is 9.93. The van der Waals surface area contributed by atoms with E-state index in [0.29, 0.717) is 11.8 Å². The minimum Gasteiger partial charge on any atom is -0.497 e. The Morgan fingerprint density at radius 1 is 1.35 bits per heavy atom. The lowest BCUT2D eigenvalue weighted by Crippen LogP contribution is -2.55. The van der Waals surface area contributed by atoms with E-state index in [2.05, 4.69) is 22.5 Å². The van der Waals surface area contributed by atoms with Crippen molar-refractivity contribution >= 4 is 16.7 Å². The van der Waals surface area contributed by atoms with E-state index in [1.165, 1.54) is 6.42 Å². The maximum absolute atomic E-state index is 12.7. The Bertz CT molecular complexity index is 965. The third-order valence-electron chi connectivity index (χ3n) is 7.02. The molecule has 0 saturated carbocycles. The van der Waals surface area contributed by atoms with Crippen molar-refractivity contribution in [3.63, 3.8) is 0 Å². The largest absolute Gasteiger partial charge is 0.497 e. The maximum Gasteiger partial charge on any atom is 0.163 e. The van der Waals surface area contributed by atoms with Crippen LogP contribution in [0, 0.1) is 17.3 Å². The van der Waals surface area contributed by atoms with Gasteiger partial charge in [0.1, 0.15) is 12.4 Å². The summed E-state index contributed by atoms with van der Waals surface area (Å²) < 4.78 is 12.0. The highest BCUT2D eigenvalue weighted by Gasteiger charge is 2.43. The van der Waals surface area contributed by atoms with E-state index < -0.39 is 5.41 Å². The van der Waals surface area contributed by atoms with Crippen LogP contribution in [0.25, 0.3) is 10.9 Å². The Kier molecular flexibility index (Phi) is 6.18. The molecule has 0 N–H and O–H groups in total. The molecule has 31 heavy (non-hydrogen) atoms. The van der Waals surface area contributed by atoms with Gasteiger partial charge in [0.15, 0.2) is 5.78 Å². The molecule has 0 radical (unpaired) electrons. The van der Waals surface area contributed by atoms with Gasteiger partial charge in [0.2, 0.25) is 0 Å². The zero-order valence-electron chi connectivity index (χ0n) is 19.1. The highest BCUT2D eigenvalue weighted by molar-refractivity contribution is 5.85. The van der Waals surface area contributed by atoms with Crippen molar-refractivity contribution in [1.29, 1.82) is 0 Å². The van der Waals surface area contributed by atoms with Crippen molar-refractivity contribution in [2.45, 2.75) is 45.8 Å². The number of aromatic nitrogens is 1. The molecule has 3 fully saturated rings. The molecule has 4 heterocycles. The molecule has 0 aliphatic carbocycles. The van der Waals surface area contributed by atoms with Crippen molar-refractivity contribution in [2.75, 3.05) is 26.8 Å². The first-order valence-electron chi connectivity index (χ1n) is 11.3. The minimum absolute atomic E-state index is 0.113. The third kappa shape index (κ3) is 4.39. The van der Waals surface area contributed by atoms with Crippen LogP contribution < -0.4 is 4.74 Å². The molecule has 3 aliphatic rings. The summed E-state index contributed by atoms with van der Waals surface area (Å²) in [6.07, 6.45) is 6.01. The molecule has 5 atom stereocenters. The molecular formula is C26H34N2O3. The lowest BCUT2D eigenvalue weighted by atomic mass is 9.73. The van der Waals surface area contributed by atoms with Gasteiger partial charge >= 0.3 is 0 Å². The highest BCUT2D eigenvalue weighted by Crippen LogP contribution is 2.43. The number of ketones is 1. The van der Waals surface area contributed by atoms with Crippen LogP contribution in [0.1, 0.15) is 45.3 Å². The minimum atomic E-state index is -0.423. The second kappa shape index (κ2) is 8.71. The van der Waals surface area contributed by atoms with Crippen molar-refractivity contribution in [1.82, 2.24) is 9.88 Å². The molecular weight excluding hydrogens is 388 g/mol. The van der Waals surface area contributed by atoms with E-state index in [-0.39, 0.29) is 24.5 Å². The van der Waals surface area contributed by atoms with Gasteiger partial charge in [-0.3, -0.25) is 14.7 Å². The van der Waals surface area contributed by atoms with Gasteiger partial charge in [-0.05, 0) is 61.1 Å². The molecule has 2 bridgehead atoms. The summed E-state index contributed by atoms with van der Waals surface area (Å²) in [7, 11) is 1.68. The SMILES string of the molecule is C=C[C@@H]1CN2CCC1C[C@@H]2[C@@H](OCC(=O)C(C)(C)C)c1ccnc2ccc(OC)cc12. The van der Waals surface area contributed by atoms with E-state index in [9.17, 15) is 4.79 Å². The number of hydrogen-bond donors (Lipinski definition) is 0. The lowest BCUT2D eigenvalue weighted by molar-refractivity contribution is -0.137. The normalized spacial score (nSPS) is 26.6. The highest BCUT2D eigenvalue weighted by atomic mass is 16.5. The van der Waals surface area contributed by atoms with Crippen molar-refractivity contribution < 1.29 is 14.3 Å². The third-order valence-corrected chi connectivity index (χ3v) is 7.02. The number of nitrogens with zero attached hydrogens (tertiary/aromatic N) is 2. The molecule has 2 unspecified atom stereocenters. The van der Waals surface area contributed by atoms with Gasteiger partial charge < -0.3 is 9.47 Å². The van der Waals surface area contributed by atoms with Crippen LogP contribution >= 0.6 is 0 Å². The van der Waals surface area contributed by atoms with Crippen molar-refractivity contribution in [3.05, 3.63) is 48.7 Å². The number of Topliss-reactive ketones (excluding diaryl/α,β-unsaturated/α-hetero) is 1. The van der Waals surface area contributed by atoms with Gasteiger partial charge in [0.05, 0.1) is 18.7 Å². The van der Waals surface area contributed by atoms with E-state index in [0.717, 1.165) is 41.7 Å². The van der Waals surface area contributed by atoms with Crippen LogP contribution in [0.15, 0.2) is 43.1 Å². The summed E-state index contributed by atoms with van der Waals surface area (Å²) in [6, 6.07) is 8.22. The molecule has 1 aromatic heterocycles. The molecule has 2 aromatic rings. The number of ether oxygens (including phenoxy) is 2. The maximum atomic E-state index is 12.7. The van der Waals surface area contributed by atoms with Crippen molar-refractivity contribution in [3.8, 4) is 5.75 Å². The van der Waals surface area contributed by atoms with Gasteiger partial charge in [0, 0.05) is 29.6 Å². The number of fused-ring (bicyclic) bond motifs is 4. The summed E-state index contributed by atoms with van der Waals surface area (Å²) >= 11 is 0. The molecule has 5 rings (SSSR count). The predicted octanol–water partition coefficient (Wildman–Crippen LogP) is 4.81. The van der Waals surface area contributed by atoms with E-state index >= 15 is 0 Å². The number of benzene rings is 1. The first kappa shape index (κ1) is 22.0. The number of carbonyl (C=O) groups excluding carboxylic acids is 1. The monoisotopic (exact) mass is 422 g/mol. The first-order valence-corrected chi connectivity index (χ1v) is 11.3. The smallest absolute Gasteiger partial charge is 0.163 e. The Hall–Kier alpha value is -2.24. The van der Waals surface area contributed by atoms with Gasteiger partial charge in [-0.15, -0.1) is 6.58 Å². The van der Waals surface area contributed by atoms with E-state index in [1.54, 1.807) is 7.11 Å². The topological polar surface area (TPSA) is 51.7 Å². The molecule has 3 aliphatic heterocycles. The van der Waals surface area contributed by atoms with Crippen LogP contribution in [-0.2, 0) is 9.53 Å². The summed E-state index contributed by atoms with van der Waals surface area (Å²) in [6.45, 7) is 12.1. The molecule has 3 saturated heterocycles. The fourth-order valence-corrected chi connectivity index (χ4v) is 5.00. The van der Waals surface area contributed by atoms with E-state index in [4.69, 9.17) is 9.47 Å². The molecule has 166 valence electrons. The van der Waals surface area contributed by atoms with Gasteiger partial charge in [-0.1, -0.05) is 26.8 Å². The Balaban J connectivity index is 1.72. The van der Waals surface area contributed by atoms with Crippen LogP contribution in [0.4, 0.5) is 0 Å². The molecule has 1 aromatic carbocycles. The van der Waals surface area contributed by atoms with Crippen LogP contribution in [-0.4, -0.2) is 48.5 Å². The van der Waals surface area contributed by atoms with Crippen molar-refractivity contribution in [2.24, 2.45) is 17.3 Å². The quantitative estimate of drug-likeness (QED) is 0.599. The molecule has 0 spiro atoms. The Labute approximate surface area is 185 Å². The zero-order chi connectivity index (χ0) is 22.2. The van der Waals surface area contributed by atoms with E-state index in [1.807, 2.05) is 51.2 Å². The fraction of sp³-hybridized carbons (Fsp3) is 0.538. The average Bonchev–Trinajstić information content (AvgIpc) is 2.78. The van der Waals surface area contributed by atoms with Crippen LogP contribution in [0.2, 0.25) is 0 Å². The number of piperidine rings is 3. The van der Waals surface area contributed by atoms with Gasteiger partial charge in [0.25, 0.3) is 0 Å². The molecule has 5 heteroatoms. The number of rotatable bonds is 7. The second-order valence-corrected chi connectivity index (χ2v) is 9.93. The van der Waals surface area contributed by atoms with Crippen LogP contribution in [0.3, 0.4) is 0 Å². The average molecular weight is 423 g/mol. The molecule has 0 amide bonds. The number of hydrogen-bond acceptors (Lipinski definition) is 5. The number of carbonyl (C=O) groups is 1. The number of pyridine rings is 1. The standard InChI is InChI=1S/C26H34N2O3/c1-6-17-15-28-12-10-18(17)13-23(28)25(31-16-24(29)26(2,3)4)20-9-11-27-22-8-7-19(30-5)14-21(20)22/h6-9,11,14,17-18,23,25H,1,10,12-13,15-16H2,2-5H3/t17-,18?,23-,25+/m1/s1. The summed E-state index contributed by atoms with van der Waals surface area (Å²) in [4.78, 5) is 19.8. The fourth-order valence-electron chi connectivity index (χ4n) is 5.00. The first-order chi connectivity index (χ1) is 14.8. The summed E-state index contributed by atoms with van der Waals surface area (Å²) in [5.74, 6) is 2.08. The summed E-state index contributed by atoms with van der Waals surface area (Å²) in [5.41, 5.74) is 1.57. The Morgan fingerprint density at radius 2 is 2.16 bits per heavy atom.